The Balaban J connectivity index is 1.67. The first-order valence-corrected chi connectivity index (χ1v) is 9.12. The maximum Gasteiger partial charge on any atom is 0.222 e. The molecule has 4 nitrogen and oxygen atoms in total. The molecule has 1 saturated heterocycles. The molecule has 0 spiro atoms. The van der Waals surface area contributed by atoms with Crippen LogP contribution in [0, 0.1) is 11.8 Å². The number of hydrogen-bond acceptors (Lipinski definition) is 2. The van der Waals surface area contributed by atoms with Gasteiger partial charge in [-0.1, -0.05) is 46.0 Å². The van der Waals surface area contributed by atoms with E-state index in [1.54, 1.807) is 0 Å². The maximum atomic E-state index is 12.3. The predicted molar refractivity (Wildman–Crippen MR) is 88.4 cm³/mol. The lowest BCUT2D eigenvalue weighted by Crippen LogP contribution is -2.50. The third-order valence-corrected chi connectivity index (χ3v) is 5.06. The van der Waals surface area contributed by atoms with Crippen molar-refractivity contribution < 1.29 is 9.59 Å². The van der Waals surface area contributed by atoms with Gasteiger partial charge >= 0.3 is 0 Å². The van der Waals surface area contributed by atoms with Gasteiger partial charge in [0, 0.05) is 39.0 Å². The van der Waals surface area contributed by atoms with E-state index in [1.807, 2.05) is 9.80 Å². The van der Waals surface area contributed by atoms with Crippen molar-refractivity contribution in [3.05, 3.63) is 0 Å². The Morgan fingerprint density at radius 2 is 1.45 bits per heavy atom. The number of carbonyl (C=O) groups excluding carboxylic acids is 2. The van der Waals surface area contributed by atoms with Gasteiger partial charge in [-0.25, -0.2) is 0 Å². The van der Waals surface area contributed by atoms with Gasteiger partial charge in [-0.05, 0) is 18.3 Å². The second-order valence-electron chi connectivity index (χ2n) is 7.40. The topological polar surface area (TPSA) is 40.6 Å². The Kier molecular flexibility index (Phi) is 6.71. The molecule has 0 bridgehead atoms. The summed E-state index contributed by atoms with van der Waals surface area (Å²) in [6.45, 7) is 6.99. The number of piperazine rings is 1. The molecule has 4 heteroatoms. The van der Waals surface area contributed by atoms with Gasteiger partial charge in [0.1, 0.15) is 0 Å². The summed E-state index contributed by atoms with van der Waals surface area (Å²) in [6, 6.07) is 0. The average molecular weight is 308 g/mol. The second kappa shape index (κ2) is 8.54. The first-order valence-electron chi connectivity index (χ1n) is 9.12. The SMILES string of the molecule is CC(C)CC(=O)N1CCN(C(=O)CCC2CCCCC2)CC1. The Bertz CT molecular complexity index is 367. The molecule has 22 heavy (non-hydrogen) atoms. The van der Waals surface area contributed by atoms with E-state index in [0.717, 1.165) is 12.3 Å². The fourth-order valence-corrected chi connectivity index (χ4v) is 3.65. The fraction of sp³-hybridized carbons (Fsp3) is 0.889. The minimum Gasteiger partial charge on any atom is -0.339 e. The van der Waals surface area contributed by atoms with Crippen LogP contribution in [-0.2, 0) is 9.59 Å². The fourth-order valence-electron chi connectivity index (χ4n) is 3.65. The van der Waals surface area contributed by atoms with Crippen LogP contribution in [-0.4, -0.2) is 47.8 Å². The number of carbonyl (C=O) groups is 2. The smallest absolute Gasteiger partial charge is 0.222 e. The summed E-state index contributed by atoms with van der Waals surface area (Å²) in [5, 5.41) is 0. The van der Waals surface area contributed by atoms with Crippen LogP contribution >= 0.6 is 0 Å². The van der Waals surface area contributed by atoms with E-state index in [-0.39, 0.29) is 5.91 Å². The van der Waals surface area contributed by atoms with Crippen molar-refractivity contribution in [3.63, 3.8) is 0 Å². The van der Waals surface area contributed by atoms with Gasteiger partial charge in [0.15, 0.2) is 0 Å². The van der Waals surface area contributed by atoms with Gasteiger partial charge in [0.2, 0.25) is 11.8 Å². The van der Waals surface area contributed by atoms with Gasteiger partial charge < -0.3 is 9.80 Å². The Morgan fingerprint density at radius 1 is 0.909 bits per heavy atom. The van der Waals surface area contributed by atoms with Gasteiger partial charge in [-0.3, -0.25) is 9.59 Å². The molecule has 1 aliphatic heterocycles. The maximum absolute atomic E-state index is 12.3. The molecular formula is C18H32N2O2. The summed E-state index contributed by atoms with van der Waals surface area (Å²) >= 11 is 0. The van der Waals surface area contributed by atoms with E-state index in [2.05, 4.69) is 13.8 Å². The standard InChI is InChI=1S/C18H32N2O2/c1-15(2)14-18(22)20-12-10-19(11-13-20)17(21)9-8-16-6-4-3-5-7-16/h15-16H,3-14H2,1-2H3. The van der Waals surface area contributed by atoms with E-state index in [4.69, 9.17) is 0 Å². The molecule has 1 heterocycles. The van der Waals surface area contributed by atoms with Crippen molar-refractivity contribution in [3.8, 4) is 0 Å². The highest BCUT2D eigenvalue weighted by atomic mass is 16.2. The van der Waals surface area contributed by atoms with Crippen molar-refractivity contribution in [2.75, 3.05) is 26.2 Å². The Labute approximate surface area is 135 Å². The average Bonchev–Trinajstić information content (AvgIpc) is 2.53. The summed E-state index contributed by atoms with van der Waals surface area (Å²) in [6.07, 6.45) is 9.06. The van der Waals surface area contributed by atoms with Gasteiger partial charge in [-0.2, -0.15) is 0 Å². The van der Waals surface area contributed by atoms with Gasteiger partial charge in [0.25, 0.3) is 0 Å². The van der Waals surface area contributed by atoms with Crippen LogP contribution in [0.1, 0.15) is 65.2 Å². The molecule has 0 unspecified atom stereocenters. The second-order valence-corrected chi connectivity index (χ2v) is 7.40. The van der Waals surface area contributed by atoms with E-state index < -0.39 is 0 Å². The minimum atomic E-state index is 0.240. The Morgan fingerprint density at radius 3 is 2.00 bits per heavy atom. The Hall–Kier alpha value is -1.06. The van der Waals surface area contributed by atoms with E-state index in [0.29, 0.717) is 50.8 Å². The summed E-state index contributed by atoms with van der Waals surface area (Å²) in [5.41, 5.74) is 0. The first kappa shape index (κ1) is 17.3. The zero-order valence-corrected chi connectivity index (χ0v) is 14.4. The zero-order chi connectivity index (χ0) is 15.9. The van der Waals surface area contributed by atoms with Crippen molar-refractivity contribution in [1.29, 1.82) is 0 Å². The summed E-state index contributed by atoms with van der Waals surface area (Å²) in [5.74, 6) is 1.71. The highest BCUT2D eigenvalue weighted by molar-refractivity contribution is 5.78. The number of nitrogens with zero attached hydrogens (tertiary/aromatic N) is 2. The minimum absolute atomic E-state index is 0.240. The number of amides is 2. The first-order chi connectivity index (χ1) is 10.6. The molecule has 2 fully saturated rings. The van der Waals surface area contributed by atoms with Crippen molar-refractivity contribution in [1.82, 2.24) is 9.80 Å². The van der Waals surface area contributed by atoms with Gasteiger partial charge in [0.05, 0.1) is 0 Å². The molecule has 2 amide bonds. The molecule has 0 radical (unpaired) electrons. The van der Waals surface area contributed by atoms with Crippen LogP contribution in [0.3, 0.4) is 0 Å². The zero-order valence-electron chi connectivity index (χ0n) is 14.4. The molecule has 1 saturated carbocycles. The molecule has 0 N–H and O–H groups in total. The molecule has 1 aliphatic carbocycles. The van der Waals surface area contributed by atoms with E-state index >= 15 is 0 Å². The monoisotopic (exact) mass is 308 g/mol. The quantitative estimate of drug-likeness (QED) is 0.783. The van der Waals surface area contributed by atoms with Crippen molar-refractivity contribution in [2.24, 2.45) is 11.8 Å². The highest BCUT2D eigenvalue weighted by Crippen LogP contribution is 2.27. The van der Waals surface area contributed by atoms with Gasteiger partial charge in [-0.15, -0.1) is 0 Å². The lowest BCUT2D eigenvalue weighted by atomic mass is 9.86. The third-order valence-electron chi connectivity index (χ3n) is 5.06. The molecule has 0 aromatic rings. The van der Waals surface area contributed by atoms with Crippen LogP contribution in [0.5, 0.6) is 0 Å². The largest absolute Gasteiger partial charge is 0.339 e. The third kappa shape index (κ3) is 5.29. The molecule has 2 rings (SSSR count). The molecule has 2 aliphatic rings. The predicted octanol–water partition coefficient (Wildman–Crippen LogP) is 3.06. The van der Waals surface area contributed by atoms with Crippen LogP contribution in [0.15, 0.2) is 0 Å². The lowest BCUT2D eigenvalue weighted by Gasteiger charge is -2.35. The molecule has 0 aromatic carbocycles. The number of rotatable bonds is 5. The van der Waals surface area contributed by atoms with Crippen molar-refractivity contribution >= 4 is 11.8 Å². The summed E-state index contributed by atoms with van der Waals surface area (Å²) in [4.78, 5) is 28.2. The van der Waals surface area contributed by atoms with Crippen LogP contribution in [0.2, 0.25) is 0 Å². The van der Waals surface area contributed by atoms with E-state index in [1.165, 1.54) is 32.1 Å². The normalized spacial score (nSPS) is 20.5. The molecular weight excluding hydrogens is 276 g/mol. The summed E-state index contributed by atoms with van der Waals surface area (Å²) in [7, 11) is 0. The van der Waals surface area contributed by atoms with E-state index in [9.17, 15) is 9.59 Å². The lowest BCUT2D eigenvalue weighted by molar-refractivity contribution is -0.140. The summed E-state index contributed by atoms with van der Waals surface area (Å²) < 4.78 is 0. The van der Waals surface area contributed by atoms with Crippen LogP contribution in [0.25, 0.3) is 0 Å². The van der Waals surface area contributed by atoms with Crippen molar-refractivity contribution in [2.45, 2.75) is 65.2 Å². The molecule has 0 aromatic heterocycles. The van der Waals surface area contributed by atoms with Crippen LogP contribution in [0.4, 0.5) is 0 Å². The molecule has 0 atom stereocenters. The highest BCUT2D eigenvalue weighted by Gasteiger charge is 2.24. The number of hydrogen-bond donors (Lipinski definition) is 0. The molecule has 126 valence electrons. The van der Waals surface area contributed by atoms with Crippen LogP contribution < -0.4 is 0 Å².